The minimum Gasteiger partial charge on any atom is -0.0842 e. The zero-order chi connectivity index (χ0) is 42.6. The molecule has 0 nitrogen and oxygen atoms in total. The van der Waals surface area contributed by atoms with Gasteiger partial charge in [0.05, 0.1) is 0 Å². The Morgan fingerprint density at radius 2 is 0.815 bits per heavy atom. The molecule has 0 N–H and O–H groups in total. The summed E-state index contributed by atoms with van der Waals surface area (Å²) in [7, 11) is 0. The molecule has 0 aliphatic heterocycles. The van der Waals surface area contributed by atoms with Gasteiger partial charge >= 0.3 is 0 Å². The zero-order valence-electron chi connectivity index (χ0n) is 37.0. The third kappa shape index (κ3) is 5.38. The number of hydrogen-bond acceptors (Lipinski definition) is 0. The van der Waals surface area contributed by atoms with Crippen LogP contribution in [-0.4, -0.2) is 0 Å². The molecule has 1 spiro atoms. The molecule has 0 heteroatoms. The fraction of sp³-hybridized carbons (Fsp3) is 0.231. The highest BCUT2D eigenvalue weighted by Gasteiger charge is 2.64. The van der Waals surface area contributed by atoms with E-state index >= 15 is 0 Å². The Bertz CT molecular complexity index is 3370. The average molecular weight is 835 g/mol. The SMILES string of the molecule is C1=CCCC(C2=c3ccccc3=C(C3=CC=C4c5ccccc5[C@]5(C6CC=CC=C6C6=CC=C(C7=c8ccccc8=C(C8=CC=CCC8)C8C=CC=CC78)C[C@@H]65)[C@@H]4C3)C3C=CC=CC23)=C1. The summed E-state index contributed by atoms with van der Waals surface area (Å²) in [6.07, 6.45) is 58.7. The van der Waals surface area contributed by atoms with Crippen molar-refractivity contribution in [2.75, 3.05) is 0 Å². The van der Waals surface area contributed by atoms with E-state index in [9.17, 15) is 0 Å². The van der Waals surface area contributed by atoms with E-state index in [1.165, 1.54) is 48.7 Å². The van der Waals surface area contributed by atoms with Crippen molar-refractivity contribution in [1.29, 1.82) is 0 Å². The van der Waals surface area contributed by atoms with Crippen LogP contribution in [0.2, 0.25) is 0 Å². The summed E-state index contributed by atoms with van der Waals surface area (Å²) in [6.45, 7) is 0. The molecule has 11 aliphatic rings. The number of hydrogen-bond donors (Lipinski definition) is 0. The fourth-order valence-electron chi connectivity index (χ4n) is 15.2. The lowest BCUT2D eigenvalue weighted by molar-refractivity contribution is 0.205. The molecule has 5 unspecified atom stereocenters. The van der Waals surface area contributed by atoms with Gasteiger partial charge in [-0.3, -0.25) is 0 Å². The van der Waals surface area contributed by atoms with E-state index in [4.69, 9.17) is 0 Å². The highest BCUT2D eigenvalue weighted by atomic mass is 14.7. The molecule has 8 atom stereocenters. The lowest BCUT2D eigenvalue weighted by Gasteiger charge is -2.46. The van der Waals surface area contributed by atoms with Crippen LogP contribution in [0, 0.1) is 41.4 Å². The Hall–Kier alpha value is -6.50. The van der Waals surface area contributed by atoms with E-state index in [1.54, 1.807) is 44.6 Å². The topological polar surface area (TPSA) is 0 Å². The van der Waals surface area contributed by atoms with Crippen LogP contribution in [0.3, 0.4) is 0 Å². The molecule has 0 heterocycles. The van der Waals surface area contributed by atoms with Gasteiger partial charge in [-0.1, -0.05) is 200 Å². The van der Waals surface area contributed by atoms with Crippen LogP contribution in [0.25, 0.3) is 27.9 Å². The summed E-state index contributed by atoms with van der Waals surface area (Å²) >= 11 is 0. The van der Waals surface area contributed by atoms with Gasteiger partial charge in [-0.15, -0.1) is 0 Å². The summed E-state index contributed by atoms with van der Waals surface area (Å²) in [5, 5.41) is 5.76. The Labute approximate surface area is 383 Å². The molecule has 1 saturated carbocycles. The Kier molecular flexibility index (Phi) is 8.59. The van der Waals surface area contributed by atoms with Gasteiger partial charge in [0, 0.05) is 29.1 Å². The van der Waals surface area contributed by atoms with Crippen molar-refractivity contribution in [3.05, 3.63) is 266 Å². The van der Waals surface area contributed by atoms with Crippen LogP contribution in [0.15, 0.2) is 234 Å². The van der Waals surface area contributed by atoms with E-state index in [1.807, 2.05) is 0 Å². The Morgan fingerprint density at radius 3 is 1.34 bits per heavy atom. The monoisotopic (exact) mass is 834 g/mol. The van der Waals surface area contributed by atoms with Crippen molar-refractivity contribution >= 4 is 27.9 Å². The quantitative estimate of drug-likeness (QED) is 0.246. The molecular weight excluding hydrogens is 781 g/mol. The molecule has 0 radical (unpaired) electrons. The molecule has 314 valence electrons. The second kappa shape index (κ2) is 14.8. The largest absolute Gasteiger partial charge is 0.0842 e. The molecule has 65 heavy (non-hydrogen) atoms. The van der Waals surface area contributed by atoms with Gasteiger partial charge in [0.15, 0.2) is 0 Å². The maximum atomic E-state index is 2.60. The normalized spacial score (nSPS) is 31.6. The predicted octanol–water partition coefficient (Wildman–Crippen LogP) is 12.0. The Balaban J connectivity index is 0.958. The van der Waals surface area contributed by atoms with Crippen molar-refractivity contribution in [3.8, 4) is 0 Å². The third-order valence-corrected chi connectivity index (χ3v) is 17.5. The van der Waals surface area contributed by atoms with Crippen LogP contribution >= 0.6 is 0 Å². The molecule has 0 bridgehead atoms. The van der Waals surface area contributed by atoms with Crippen molar-refractivity contribution in [3.63, 3.8) is 0 Å². The standard InChI is InChI=1S/C65H54/c1-3-19-41(20-4-1)61-49-25-7-11-29-53(49)63(54-30-12-8-26-50(54)61)43-35-37-47-45-23-15-17-33-57(45)65(59(47)39-43)58-34-18-16-24-46(58)48-38-36-44(40-60(48)65)64-55-31-13-9-27-51(55)62(42-21-5-2-6-22-42)52-28-10-14-32-56(52)64/h1-3,5,7-19,21,23-33,35-38,49,51,53,55,58-60H,4,6,20,22,34,39-40H2/t49?,51?,53?,55?,58?,59-,60+,65+/m1/s1. The molecule has 0 amide bonds. The van der Waals surface area contributed by atoms with Crippen molar-refractivity contribution in [2.45, 2.75) is 50.4 Å². The number of benzene rings is 3. The highest BCUT2D eigenvalue weighted by molar-refractivity contribution is 5.88. The van der Waals surface area contributed by atoms with Gasteiger partial charge in [0.1, 0.15) is 0 Å². The van der Waals surface area contributed by atoms with Crippen molar-refractivity contribution in [2.24, 2.45) is 41.4 Å². The fourth-order valence-corrected chi connectivity index (χ4v) is 15.2. The second-order valence-corrected chi connectivity index (χ2v) is 20.2. The van der Waals surface area contributed by atoms with Crippen LogP contribution < -0.4 is 20.9 Å². The molecule has 11 aliphatic carbocycles. The minimum atomic E-state index is -0.0656. The van der Waals surface area contributed by atoms with E-state index in [0.29, 0.717) is 41.4 Å². The number of fused-ring (bicyclic) bond motifs is 14. The van der Waals surface area contributed by atoms with Crippen LogP contribution in [0.1, 0.15) is 56.1 Å². The predicted molar refractivity (Wildman–Crippen MR) is 270 cm³/mol. The lowest BCUT2D eigenvalue weighted by atomic mass is 9.56. The van der Waals surface area contributed by atoms with Gasteiger partial charge < -0.3 is 0 Å². The van der Waals surface area contributed by atoms with Gasteiger partial charge in [-0.05, 0) is 156 Å². The molecule has 0 saturated heterocycles. The molecule has 3 aromatic rings. The molecule has 1 fully saturated rings. The molecule has 14 rings (SSSR count). The second-order valence-electron chi connectivity index (χ2n) is 20.2. The minimum absolute atomic E-state index is 0.0656. The van der Waals surface area contributed by atoms with Crippen LogP contribution in [-0.2, 0) is 5.41 Å². The van der Waals surface area contributed by atoms with E-state index in [0.717, 1.165) is 44.9 Å². The first-order chi connectivity index (χ1) is 32.3. The smallest absolute Gasteiger partial charge is 0.0174 e. The molecule has 3 aromatic carbocycles. The number of rotatable bonds is 4. The third-order valence-electron chi connectivity index (χ3n) is 17.5. The summed E-state index contributed by atoms with van der Waals surface area (Å²) in [5.74, 6) is 2.45. The zero-order valence-corrected chi connectivity index (χ0v) is 37.0. The van der Waals surface area contributed by atoms with Crippen LogP contribution in [0.4, 0.5) is 0 Å². The average Bonchev–Trinajstić information content (AvgIpc) is 3.84. The summed E-state index contributed by atoms with van der Waals surface area (Å²) in [4.78, 5) is 0. The first-order valence-electron chi connectivity index (χ1n) is 24.7. The highest BCUT2D eigenvalue weighted by Crippen LogP contribution is 2.71. The van der Waals surface area contributed by atoms with Gasteiger partial charge in [0.25, 0.3) is 0 Å². The molecular formula is C65H54. The first-order valence-corrected chi connectivity index (χ1v) is 24.7. The summed E-state index contributed by atoms with van der Waals surface area (Å²) in [6, 6.07) is 28.5. The van der Waals surface area contributed by atoms with E-state index in [-0.39, 0.29) is 5.41 Å². The van der Waals surface area contributed by atoms with Gasteiger partial charge in [-0.25, -0.2) is 0 Å². The summed E-state index contributed by atoms with van der Waals surface area (Å²) < 4.78 is 0. The van der Waals surface area contributed by atoms with Crippen molar-refractivity contribution < 1.29 is 0 Å². The maximum Gasteiger partial charge on any atom is 0.0174 e. The van der Waals surface area contributed by atoms with Crippen LogP contribution in [0.5, 0.6) is 0 Å². The number of allylic oxidation sites excluding steroid dienone is 28. The lowest BCUT2D eigenvalue weighted by Crippen LogP contribution is -2.45. The maximum absolute atomic E-state index is 2.60. The van der Waals surface area contributed by atoms with Crippen molar-refractivity contribution in [1.82, 2.24) is 0 Å². The van der Waals surface area contributed by atoms with Gasteiger partial charge in [-0.2, -0.15) is 0 Å². The first kappa shape index (κ1) is 37.8. The Morgan fingerprint density at radius 1 is 0.369 bits per heavy atom. The molecule has 0 aromatic heterocycles. The summed E-state index contributed by atoms with van der Waals surface area (Å²) in [5.41, 5.74) is 20.0. The van der Waals surface area contributed by atoms with Gasteiger partial charge in [0.2, 0.25) is 0 Å². The van der Waals surface area contributed by atoms with E-state index < -0.39 is 0 Å². The van der Waals surface area contributed by atoms with E-state index in [2.05, 4.69) is 200 Å².